The number of methoxy groups -OCH3 is 1. The van der Waals surface area contributed by atoms with Gasteiger partial charge in [0, 0.05) is 29.8 Å². The topological polar surface area (TPSA) is 79.6 Å². The zero-order chi connectivity index (χ0) is 26.1. The summed E-state index contributed by atoms with van der Waals surface area (Å²) in [7, 11) is 1.66. The minimum absolute atomic E-state index is 0.118. The summed E-state index contributed by atoms with van der Waals surface area (Å²) in [5.74, 6) is -0.142. The van der Waals surface area contributed by atoms with Gasteiger partial charge in [0.2, 0.25) is 0 Å². The summed E-state index contributed by atoms with van der Waals surface area (Å²) in [4.78, 5) is 18.5. The zero-order valence-corrected chi connectivity index (χ0v) is 21.7. The SMILES string of the molecule is COc1ccc(CN2C(=S)NC(c3ccccn3)C2c2cc(C)n(-c3cccc(C(=O)O)c3)c2C)cc1. The fourth-order valence-corrected chi connectivity index (χ4v) is 5.41. The number of thiocarbonyl (C=S) groups is 1. The lowest BCUT2D eigenvalue weighted by molar-refractivity contribution is 0.0697. The Hall–Kier alpha value is -4.17. The third-order valence-corrected chi connectivity index (χ3v) is 7.20. The molecule has 2 aromatic heterocycles. The number of nitrogens with one attached hydrogen (secondary N) is 1. The van der Waals surface area contributed by atoms with Crippen molar-refractivity contribution in [2.24, 2.45) is 0 Å². The van der Waals surface area contributed by atoms with Crippen LogP contribution in [0.1, 0.15) is 50.7 Å². The number of aryl methyl sites for hydroxylation is 1. The van der Waals surface area contributed by atoms with Gasteiger partial charge in [0.15, 0.2) is 5.11 Å². The monoisotopic (exact) mass is 512 g/mol. The average Bonchev–Trinajstić information content (AvgIpc) is 3.39. The van der Waals surface area contributed by atoms with Gasteiger partial charge >= 0.3 is 5.97 Å². The highest BCUT2D eigenvalue weighted by atomic mass is 32.1. The van der Waals surface area contributed by atoms with E-state index in [0.717, 1.165) is 39.6 Å². The van der Waals surface area contributed by atoms with E-state index >= 15 is 0 Å². The molecule has 1 aliphatic heterocycles. The van der Waals surface area contributed by atoms with Crippen molar-refractivity contribution in [3.8, 4) is 11.4 Å². The standard InChI is InChI=1S/C29H28N4O3S/c1-18-15-24(19(2)33(18)22-8-6-7-21(16-22)28(34)35)27-26(25-9-4-5-14-30-25)31-29(37)32(27)17-20-10-12-23(36-3)13-11-20/h4-16,26-27H,17H2,1-3H3,(H,31,37)(H,34,35). The summed E-state index contributed by atoms with van der Waals surface area (Å²) in [6, 6.07) is 22.8. The molecule has 8 heteroatoms. The molecule has 0 aliphatic carbocycles. The maximum atomic E-state index is 11.6. The molecule has 1 saturated heterocycles. The number of benzene rings is 2. The molecule has 7 nitrogen and oxygen atoms in total. The number of hydrogen-bond acceptors (Lipinski definition) is 4. The van der Waals surface area contributed by atoms with Gasteiger partial charge in [-0.2, -0.15) is 0 Å². The molecule has 1 fully saturated rings. The Balaban J connectivity index is 1.60. The molecule has 188 valence electrons. The Morgan fingerprint density at radius 2 is 1.86 bits per heavy atom. The van der Waals surface area contributed by atoms with Gasteiger partial charge in [-0.25, -0.2) is 4.79 Å². The number of nitrogens with zero attached hydrogens (tertiary/aromatic N) is 3. The van der Waals surface area contributed by atoms with Gasteiger partial charge in [0.1, 0.15) is 5.75 Å². The Morgan fingerprint density at radius 1 is 1.08 bits per heavy atom. The van der Waals surface area contributed by atoms with Crippen LogP contribution in [0, 0.1) is 13.8 Å². The molecule has 0 saturated carbocycles. The maximum absolute atomic E-state index is 11.6. The van der Waals surface area contributed by atoms with Crippen LogP contribution in [-0.2, 0) is 6.54 Å². The second-order valence-corrected chi connectivity index (χ2v) is 9.51. The number of carbonyl (C=O) groups is 1. The second kappa shape index (κ2) is 10.1. The summed E-state index contributed by atoms with van der Waals surface area (Å²) in [5.41, 5.74) is 6.22. The van der Waals surface area contributed by atoms with E-state index < -0.39 is 5.97 Å². The summed E-state index contributed by atoms with van der Waals surface area (Å²) >= 11 is 5.85. The van der Waals surface area contributed by atoms with Crippen LogP contribution < -0.4 is 10.1 Å². The van der Waals surface area contributed by atoms with Crippen molar-refractivity contribution in [2.75, 3.05) is 7.11 Å². The number of carboxylic acid groups (broad SMARTS) is 1. The Morgan fingerprint density at radius 3 is 2.54 bits per heavy atom. The lowest BCUT2D eigenvalue weighted by Crippen LogP contribution is -2.29. The highest BCUT2D eigenvalue weighted by Gasteiger charge is 2.41. The first-order valence-corrected chi connectivity index (χ1v) is 12.4. The summed E-state index contributed by atoms with van der Waals surface area (Å²) < 4.78 is 7.42. The minimum Gasteiger partial charge on any atom is -0.497 e. The van der Waals surface area contributed by atoms with Gasteiger partial charge in [0.25, 0.3) is 0 Å². The van der Waals surface area contributed by atoms with Crippen molar-refractivity contribution in [3.05, 3.63) is 113 Å². The van der Waals surface area contributed by atoms with Gasteiger partial charge in [-0.15, -0.1) is 0 Å². The first kappa shape index (κ1) is 24.5. The highest BCUT2D eigenvalue weighted by molar-refractivity contribution is 7.80. The number of hydrogen-bond donors (Lipinski definition) is 2. The van der Waals surface area contributed by atoms with Crippen molar-refractivity contribution in [3.63, 3.8) is 0 Å². The fraction of sp³-hybridized carbons (Fsp3) is 0.207. The molecule has 5 rings (SSSR count). The molecule has 2 atom stereocenters. The normalized spacial score (nSPS) is 17.1. The smallest absolute Gasteiger partial charge is 0.335 e. The van der Waals surface area contributed by atoms with Crippen molar-refractivity contribution in [2.45, 2.75) is 32.5 Å². The van der Waals surface area contributed by atoms with Gasteiger partial charge in [-0.05, 0) is 85.7 Å². The lowest BCUT2D eigenvalue weighted by atomic mass is 9.96. The molecular weight excluding hydrogens is 484 g/mol. The van der Waals surface area contributed by atoms with E-state index in [-0.39, 0.29) is 17.6 Å². The van der Waals surface area contributed by atoms with Crippen LogP contribution in [0.3, 0.4) is 0 Å². The quantitative estimate of drug-likeness (QED) is 0.322. The first-order valence-electron chi connectivity index (χ1n) is 12.0. The van der Waals surface area contributed by atoms with Crippen molar-refractivity contribution in [1.82, 2.24) is 19.8 Å². The van der Waals surface area contributed by atoms with Crippen molar-refractivity contribution >= 4 is 23.3 Å². The predicted octanol–water partition coefficient (Wildman–Crippen LogP) is 5.37. The van der Waals surface area contributed by atoms with Crippen LogP contribution in [0.4, 0.5) is 0 Å². The molecular formula is C29H28N4O3S. The number of aromatic nitrogens is 2. The molecule has 37 heavy (non-hydrogen) atoms. The molecule has 0 radical (unpaired) electrons. The second-order valence-electron chi connectivity index (χ2n) is 9.12. The van der Waals surface area contributed by atoms with E-state index in [4.69, 9.17) is 17.0 Å². The largest absolute Gasteiger partial charge is 0.497 e. The van der Waals surface area contributed by atoms with E-state index in [1.165, 1.54) is 0 Å². The van der Waals surface area contributed by atoms with Crippen molar-refractivity contribution < 1.29 is 14.6 Å². The number of aromatic carboxylic acids is 1. The Labute approximate surface area is 221 Å². The van der Waals surface area contributed by atoms with E-state index in [0.29, 0.717) is 11.7 Å². The summed E-state index contributed by atoms with van der Waals surface area (Å²) in [5, 5.41) is 13.7. The molecule has 2 aromatic carbocycles. The van der Waals surface area contributed by atoms with E-state index in [1.54, 1.807) is 31.5 Å². The van der Waals surface area contributed by atoms with Gasteiger partial charge in [-0.3, -0.25) is 4.98 Å². The molecule has 0 amide bonds. The molecule has 0 bridgehead atoms. The number of rotatable bonds is 7. The molecule has 3 heterocycles. The van der Waals surface area contributed by atoms with Crippen molar-refractivity contribution in [1.29, 1.82) is 0 Å². The van der Waals surface area contributed by atoms with Crippen LogP contribution in [-0.4, -0.2) is 37.7 Å². The highest BCUT2D eigenvalue weighted by Crippen LogP contribution is 2.42. The van der Waals surface area contributed by atoms with E-state index in [2.05, 4.69) is 32.8 Å². The van der Waals surface area contributed by atoms with Gasteiger partial charge in [0.05, 0.1) is 30.5 Å². The summed E-state index contributed by atoms with van der Waals surface area (Å²) in [6.07, 6.45) is 1.80. The Bertz CT molecular complexity index is 1450. The summed E-state index contributed by atoms with van der Waals surface area (Å²) in [6.45, 7) is 4.72. The number of pyridine rings is 1. The predicted molar refractivity (Wildman–Crippen MR) is 146 cm³/mol. The fourth-order valence-electron chi connectivity index (χ4n) is 5.10. The zero-order valence-electron chi connectivity index (χ0n) is 20.9. The molecule has 1 aliphatic rings. The van der Waals surface area contributed by atoms with Crippen LogP contribution in [0.5, 0.6) is 5.75 Å². The lowest BCUT2D eigenvalue weighted by Gasteiger charge is -2.28. The van der Waals surface area contributed by atoms with Crippen LogP contribution >= 0.6 is 12.2 Å². The van der Waals surface area contributed by atoms with E-state index in [9.17, 15) is 9.90 Å². The molecule has 0 spiro atoms. The van der Waals surface area contributed by atoms with Gasteiger partial charge in [-0.1, -0.05) is 24.3 Å². The third kappa shape index (κ3) is 4.68. The molecule has 2 unspecified atom stereocenters. The van der Waals surface area contributed by atoms with Crippen LogP contribution in [0.15, 0.2) is 79.0 Å². The number of carboxylic acids is 1. The maximum Gasteiger partial charge on any atom is 0.335 e. The number of ether oxygens (including phenoxy) is 1. The molecule has 4 aromatic rings. The molecule has 2 N–H and O–H groups in total. The third-order valence-electron chi connectivity index (χ3n) is 6.85. The van der Waals surface area contributed by atoms with Crippen LogP contribution in [0.25, 0.3) is 5.69 Å². The Kier molecular flexibility index (Phi) is 6.67. The van der Waals surface area contributed by atoms with Crippen LogP contribution in [0.2, 0.25) is 0 Å². The first-order chi connectivity index (χ1) is 17.9. The van der Waals surface area contributed by atoms with Gasteiger partial charge < -0.3 is 24.6 Å². The minimum atomic E-state index is -0.948. The average molecular weight is 513 g/mol. The van der Waals surface area contributed by atoms with E-state index in [1.807, 2.05) is 55.5 Å².